The van der Waals surface area contributed by atoms with Crippen LogP contribution in [0.1, 0.15) is 37.3 Å². The number of hydrogen-bond donors (Lipinski definition) is 0. The lowest BCUT2D eigenvalue weighted by molar-refractivity contribution is -0.159. The number of halogens is 4. The topological polar surface area (TPSA) is 68.3 Å². The van der Waals surface area contributed by atoms with E-state index in [1.54, 1.807) is 31.1 Å². The Labute approximate surface area is 256 Å². The lowest BCUT2D eigenvalue weighted by Crippen LogP contribution is -2.48. The second-order valence-corrected chi connectivity index (χ2v) is 11.5. The average molecular weight is 662 g/mol. The molecule has 228 valence electrons. The average Bonchev–Trinajstić information content (AvgIpc) is 3.00. The van der Waals surface area contributed by atoms with Gasteiger partial charge in [0.2, 0.25) is 5.91 Å². The summed E-state index contributed by atoms with van der Waals surface area (Å²) in [6.45, 7) is 2.54. The van der Waals surface area contributed by atoms with Crippen LogP contribution >= 0.6 is 15.9 Å². The number of carbonyl (C=O) groups is 2. The fraction of sp³-hybridized carbons (Fsp3) is 0.375. The van der Waals surface area contributed by atoms with Gasteiger partial charge in [0.15, 0.2) is 0 Å². The van der Waals surface area contributed by atoms with E-state index in [2.05, 4.69) is 15.9 Å². The van der Waals surface area contributed by atoms with Crippen molar-refractivity contribution in [2.24, 2.45) is 5.41 Å². The highest BCUT2D eigenvalue weighted by molar-refractivity contribution is 9.10. The summed E-state index contributed by atoms with van der Waals surface area (Å²) < 4.78 is 61.0. The largest absolute Gasteiger partial charge is 0.497 e. The molecule has 43 heavy (non-hydrogen) atoms. The second kappa shape index (κ2) is 12.9. The lowest BCUT2D eigenvalue weighted by atomic mass is 9.78. The highest BCUT2D eigenvalue weighted by atomic mass is 79.9. The highest BCUT2D eigenvalue weighted by Gasteiger charge is 2.44. The van der Waals surface area contributed by atoms with Gasteiger partial charge >= 0.3 is 5.97 Å². The zero-order valence-corrected chi connectivity index (χ0v) is 25.5. The van der Waals surface area contributed by atoms with Gasteiger partial charge in [0.25, 0.3) is 0 Å². The first-order valence-electron chi connectivity index (χ1n) is 14.1. The Balaban J connectivity index is 1.37. The van der Waals surface area contributed by atoms with E-state index >= 15 is 4.39 Å². The fourth-order valence-corrected chi connectivity index (χ4v) is 5.98. The SMILES string of the molecule is CCOC(=O)C1(COc2ccc(F)c3c2CCC(=O)N3Cc2ccc(OC)cc2)CCN(c2cc(F)c(Br)cc2F)CC1. The quantitative estimate of drug-likeness (QED) is 0.191. The maximum Gasteiger partial charge on any atom is 0.315 e. The van der Waals surface area contributed by atoms with Crippen molar-refractivity contribution >= 4 is 39.2 Å². The van der Waals surface area contributed by atoms with Crippen LogP contribution in [0.2, 0.25) is 0 Å². The zero-order chi connectivity index (χ0) is 30.7. The molecule has 0 bridgehead atoms. The summed E-state index contributed by atoms with van der Waals surface area (Å²) in [6.07, 6.45) is 1.01. The summed E-state index contributed by atoms with van der Waals surface area (Å²) in [5, 5.41) is 0. The molecule has 0 radical (unpaired) electrons. The van der Waals surface area contributed by atoms with Crippen LogP contribution in [-0.2, 0) is 27.3 Å². The van der Waals surface area contributed by atoms with Gasteiger partial charge < -0.3 is 24.0 Å². The van der Waals surface area contributed by atoms with Crippen molar-refractivity contribution in [1.29, 1.82) is 0 Å². The molecule has 1 fully saturated rings. The minimum absolute atomic E-state index is 0.0342. The molecule has 2 aliphatic rings. The van der Waals surface area contributed by atoms with Crippen LogP contribution in [0.25, 0.3) is 0 Å². The van der Waals surface area contributed by atoms with Gasteiger partial charge in [-0.3, -0.25) is 9.59 Å². The van der Waals surface area contributed by atoms with Gasteiger partial charge in [0, 0.05) is 31.1 Å². The summed E-state index contributed by atoms with van der Waals surface area (Å²) in [6, 6.07) is 12.2. The molecule has 5 rings (SSSR count). The van der Waals surface area contributed by atoms with Crippen molar-refractivity contribution < 1.29 is 37.0 Å². The number of hydrogen-bond acceptors (Lipinski definition) is 6. The number of amides is 1. The van der Waals surface area contributed by atoms with Crippen molar-refractivity contribution in [2.45, 2.75) is 39.2 Å². The number of fused-ring (bicyclic) bond motifs is 1. The van der Waals surface area contributed by atoms with Gasteiger partial charge in [-0.2, -0.15) is 0 Å². The maximum absolute atomic E-state index is 15.3. The number of methoxy groups -OCH3 is 1. The predicted octanol–water partition coefficient (Wildman–Crippen LogP) is 6.58. The third-order valence-corrected chi connectivity index (χ3v) is 8.72. The first-order chi connectivity index (χ1) is 20.7. The molecule has 7 nitrogen and oxygen atoms in total. The van der Waals surface area contributed by atoms with Gasteiger partial charge in [-0.25, -0.2) is 13.2 Å². The monoisotopic (exact) mass is 660 g/mol. The van der Waals surface area contributed by atoms with E-state index < -0.39 is 28.8 Å². The van der Waals surface area contributed by atoms with E-state index in [0.717, 1.165) is 17.7 Å². The standard InChI is InChI=1S/C32H32BrF3N2O5/c1-3-42-31(40)32(12-14-37(15-13-32)27-17-25(35)23(33)16-26(27)36)19-43-28-10-9-24(34)30-22(28)8-11-29(39)38(30)18-20-4-6-21(41-2)7-5-20/h4-7,9-10,16-17H,3,8,11-15,18-19H2,1-2H3. The van der Waals surface area contributed by atoms with Crippen molar-refractivity contribution in [1.82, 2.24) is 0 Å². The minimum Gasteiger partial charge on any atom is -0.497 e. The van der Waals surface area contributed by atoms with Crippen molar-refractivity contribution in [3.05, 3.63) is 81.6 Å². The Kier molecular flexibility index (Phi) is 9.19. The van der Waals surface area contributed by atoms with Gasteiger partial charge in [0.1, 0.15) is 41.0 Å². The Morgan fingerprint density at radius 3 is 2.37 bits per heavy atom. The van der Waals surface area contributed by atoms with Crippen LogP contribution < -0.4 is 19.3 Å². The lowest BCUT2D eigenvalue weighted by Gasteiger charge is -2.41. The normalized spacial score (nSPS) is 16.1. The first-order valence-corrected chi connectivity index (χ1v) is 14.9. The number of benzene rings is 3. The minimum atomic E-state index is -1.05. The summed E-state index contributed by atoms with van der Waals surface area (Å²) in [5.41, 5.74) is 0.594. The molecule has 3 aromatic rings. The van der Waals surface area contributed by atoms with E-state index in [0.29, 0.717) is 17.1 Å². The van der Waals surface area contributed by atoms with E-state index in [1.807, 2.05) is 12.1 Å². The molecule has 0 aromatic heterocycles. The molecular weight excluding hydrogens is 629 g/mol. The molecule has 0 unspecified atom stereocenters. The fourth-order valence-electron chi connectivity index (χ4n) is 5.67. The first kappa shape index (κ1) is 30.7. The molecule has 0 N–H and O–H groups in total. The molecule has 0 aliphatic carbocycles. The Hall–Kier alpha value is -3.73. The number of carbonyl (C=O) groups excluding carboxylic acids is 2. The van der Waals surface area contributed by atoms with E-state index in [4.69, 9.17) is 14.2 Å². The molecule has 1 saturated heterocycles. The molecule has 0 atom stereocenters. The molecule has 2 heterocycles. The molecule has 1 amide bonds. The van der Waals surface area contributed by atoms with Crippen LogP contribution in [0.5, 0.6) is 11.5 Å². The molecule has 0 spiro atoms. The number of esters is 1. The van der Waals surface area contributed by atoms with E-state index in [-0.39, 0.29) is 80.3 Å². The van der Waals surface area contributed by atoms with E-state index in [1.165, 1.54) is 17.0 Å². The van der Waals surface area contributed by atoms with Crippen LogP contribution in [0.3, 0.4) is 0 Å². The number of nitrogens with zero attached hydrogens (tertiary/aromatic N) is 2. The van der Waals surface area contributed by atoms with Gasteiger partial charge in [-0.1, -0.05) is 12.1 Å². The third kappa shape index (κ3) is 6.32. The number of anilines is 2. The van der Waals surface area contributed by atoms with Crippen molar-refractivity contribution in [2.75, 3.05) is 43.2 Å². The Bertz CT molecular complexity index is 1510. The summed E-state index contributed by atoms with van der Waals surface area (Å²) in [5.74, 6) is -1.28. The van der Waals surface area contributed by atoms with Gasteiger partial charge in [0.05, 0.1) is 36.1 Å². The molecule has 2 aliphatic heterocycles. The van der Waals surface area contributed by atoms with Gasteiger partial charge in [-0.05, 0) is 78.0 Å². The van der Waals surface area contributed by atoms with Crippen molar-refractivity contribution in [3.63, 3.8) is 0 Å². The van der Waals surface area contributed by atoms with Crippen molar-refractivity contribution in [3.8, 4) is 11.5 Å². The van der Waals surface area contributed by atoms with Crippen LogP contribution in [-0.4, -0.2) is 45.3 Å². The summed E-state index contributed by atoms with van der Waals surface area (Å²) in [7, 11) is 1.56. The summed E-state index contributed by atoms with van der Waals surface area (Å²) in [4.78, 5) is 29.3. The summed E-state index contributed by atoms with van der Waals surface area (Å²) >= 11 is 3.00. The second-order valence-electron chi connectivity index (χ2n) is 10.7. The number of ether oxygens (including phenoxy) is 3. The molecule has 3 aromatic carbocycles. The predicted molar refractivity (Wildman–Crippen MR) is 159 cm³/mol. The molecule has 0 saturated carbocycles. The van der Waals surface area contributed by atoms with Gasteiger partial charge in [-0.15, -0.1) is 0 Å². The smallest absolute Gasteiger partial charge is 0.315 e. The van der Waals surface area contributed by atoms with E-state index in [9.17, 15) is 18.4 Å². The molecule has 11 heteroatoms. The van der Waals surface area contributed by atoms with Crippen LogP contribution in [0.15, 0.2) is 53.0 Å². The Morgan fingerprint density at radius 1 is 0.977 bits per heavy atom. The third-order valence-electron chi connectivity index (χ3n) is 8.11. The highest BCUT2D eigenvalue weighted by Crippen LogP contribution is 2.41. The maximum atomic E-state index is 15.3. The number of rotatable bonds is 9. The number of piperidine rings is 1. The van der Waals surface area contributed by atoms with Crippen LogP contribution in [0, 0.1) is 22.9 Å². The Morgan fingerprint density at radius 2 is 1.70 bits per heavy atom. The van der Waals surface area contributed by atoms with Crippen LogP contribution in [0.4, 0.5) is 24.5 Å². The molecular formula is C32H32BrF3N2O5. The zero-order valence-electron chi connectivity index (χ0n) is 23.9.